The highest BCUT2D eigenvalue weighted by Gasteiger charge is 2.12. The number of hydrogen-bond donors (Lipinski definition) is 1. The molecular weight excluding hydrogens is 392 g/mol. The van der Waals surface area contributed by atoms with Crippen LogP contribution in [0.5, 0.6) is 0 Å². The Kier molecular flexibility index (Phi) is 4.87. The van der Waals surface area contributed by atoms with Crippen LogP contribution in [0.15, 0.2) is 58.2 Å². The van der Waals surface area contributed by atoms with E-state index in [1.165, 1.54) is 23.1 Å². The zero-order chi connectivity index (χ0) is 17.9. The van der Waals surface area contributed by atoms with Gasteiger partial charge in [0.1, 0.15) is 0 Å². The fourth-order valence-corrected chi connectivity index (χ4v) is 3.76. The van der Waals surface area contributed by atoms with Crippen molar-refractivity contribution in [1.82, 2.24) is 15.2 Å². The highest BCUT2D eigenvalue weighted by Crippen LogP contribution is 2.27. The average molecular weight is 403 g/mol. The molecule has 4 aromatic rings. The van der Waals surface area contributed by atoms with Crippen LogP contribution in [0.25, 0.3) is 21.7 Å². The zero-order valence-corrected chi connectivity index (χ0v) is 15.6. The number of anilines is 1. The van der Waals surface area contributed by atoms with Gasteiger partial charge in [0.25, 0.3) is 5.22 Å². The molecule has 0 saturated carbocycles. The van der Waals surface area contributed by atoms with Crippen molar-refractivity contribution in [3.05, 3.63) is 53.6 Å². The van der Waals surface area contributed by atoms with Crippen LogP contribution in [0.4, 0.5) is 5.13 Å². The maximum atomic E-state index is 12.1. The van der Waals surface area contributed by atoms with Crippen molar-refractivity contribution in [3.63, 3.8) is 0 Å². The molecule has 130 valence electrons. The molecule has 6 nitrogen and oxygen atoms in total. The number of aromatic nitrogens is 3. The molecule has 0 spiro atoms. The minimum Gasteiger partial charge on any atom is -0.411 e. The smallest absolute Gasteiger partial charge is 0.277 e. The number of carbonyl (C=O) groups excluding carboxylic acids is 1. The molecule has 4 rings (SSSR count). The molecule has 0 aliphatic heterocycles. The number of hydrogen-bond acceptors (Lipinski definition) is 7. The molecule has 1 amide bonds. The normalized spacial score (nSPS) is 11.0. The van der Waals surface area contributed by atoms with Gasteiger partial charge in [-0.1, -0.05) is 46.8 Å². The molecule has 0 radical (unpaired) electrons. The van der Waals surface area contributed by atoms with E-state index < -0.39 is 0 Å². The van der Waals surface area contributed by atoms with E-state index in [1.807, 2.05) is 24.3 Å². The highest BCUT2D eigenvalue weighted by atomic mass is 35.5. The van der Waals surface area contributed by atoms with E-state index in [2.05, 4.69) is 20.5 Å². The Hall–Kier alpha value is -2.42. The maximum absolute atomic E-state index is 12.1. The highest BCUT2D eigenvalue weighted by molar-refractivity contribution is 7.99. The summed E-state index contributed by atoms with van der Waals surface area (Å²) in [7, 11) is 0. The van der Waals surface area contributed by atoms with Gasteiger partial charge in [-0.05, 0) is 36.4 Å². The third-order valence-corrected chi connectivity index (χ3v) is 5.39. The summed E-state index contributed by atoms with van der Waals surface area (Å²) in [6.07, 6.45) is 0. The fourth-order valence-electron chi connectivity index (χ4n) is 2.19. The molecule has 0 bridgehead atoms. The van der Waals surface area contributed by atoms with E-state index in [0.29, 0.717) is 21.3 Å². The summed E-state index contributed by atoms with van der Waals surface area (Å²) < 4.78 is 6.59. The Morgan fingerprint density at radius 3 is 2.77 bits per heavy atom. The lowest BCUT2D eigenvalue weighted by Crippen LogP contribution is -2.13. The van der Waals surface area contributed by atoms with Crippen LogP contribution in [0.3, 0.4) is 0 Å². The van der Waals surface area contributed by atoms with Gasteiger partial charge in [0.05, 0.1) is 16.0 Å². The van der Waals surface area contributed by atoms with Gasteiger partial charge >= 0.3 is 0 Å². The van der Waals surface area contributed by atoms with Crippen molar-refractivity contribution >= 4 is 56.0 Å². The first-order chi connectivity index (χ1) is 12.7. The summed E-state index contributed by atoms with van der Waals surface area (Å²) in [5, 5.41) is 12.3. The number of thioether (sulfide) groups is 1. The van der Waals surface area contributed by atoms with E-state index in [-0.39, 0.29) is 11.7 Å². The van der Waals surface area contributed by atoms with E-state index in [1.54, 1.807) is 24.3 Å². The predicted octanol–water partition coefficient (Wildman–Crippen LogP) is 4.73. The molecule has 9 heteroatoms. The number of para-hydroxylation sites is 1. The summed E-state index contributed by atoms with van der Waals surface area (Å²) in [4.78, 5) is 16.5. The van der Waals surface area contributed by atoms with Crippen LogP contribution in [0, 0.1) is 0 Å². The number of nitrogens with one attached hydrogen (secondary N) is 1. The van der Waals surface area contributed by atoms with Crippen molar-refractivity contribution in [1.29, 1.82) is 0 Å². The first-order valence-electron chi connectivity index (χ1n) is 7.55. The third kappa shape index (κ3) is 3.87. The third-order valence-electron chi connectivity index (χ3n) is 3.36. The molecule has 2 aromatic carbocycles. The van der Waals surface area contributed by atoms with Gasteiger partial charge in [-0.3, -0.25) is 4.79 Å². The van der Waals surface area contributed by atoms with Crippen LogP contribution >= 0.6 is 34.7 Å². The summed E-state index contributed by atoms with van der Waals surface area (Å²) >= 11 is 8.47. The Bertz CT molecular complexity index is 1030. The number of carbonyl (C=O) groups is 1. The topological polar surface area (TPSA) is 80.9 Å². The van der Waals surface area contributed by atoms with E-state index in [0.717, 1.165) is 15.8 Å². The Labute approximate surface area is 161 Å². The summed E-state index contributed by atoms with van der Waals surface area (Å²) in [5.41, 5.74) is 1.64. The predicted molar refractivity (Wildman–Crippen MR) is 104 cm³/mol. The minimum absolute atomic E-state index is 0.151. The number of benzene rings is 2. The molecule has 0 unspecified atom stereocenters. The Balaban J connectivity index is 1.36. The second-order valence-electron chi connectivity index (χ2n) is 5.20. The maximum Gasteiger partial charge on any atom is 0.277 e. The number of nitrogens with zero attached hydrogens (tertiary/aromatic N) is 3. The van der Waals surface area contributed by atoms with Crippen molar-refractivity contribution in [2.75, 3.05) is 11.1 Å². The van der Waals surface area contributed by atoms with Gasteiger partial charge in [0.2, 0.25) is 11.8 Å². The molecule has 0 saturated heterocycles. The number of thiazole rings is 1. The zero-order valence-electron chi connectivity index (χ0n) is 13.2. The van der Waals surface area contributed by atoms with Crippen molar-refractivity contribution in [2.24, 2.45) is 0 Å². The number of rotatable bonds is 5. The van der Waals surface area contributed by atoms with Gasteiger partial charge in [-0.2, -0.15) is 0 Å². The average Bonchev–Trinajstić information content (AvgIpc) is 3.27. The van der Waals surface area contributed by atoms with Crippen LogP contribution in [-0.2, 0) is 4.79 Å². The Morgan fingerprint density at radius 2 is 1.96 bits per heavy atom. The van der Waals surface area contributed by atoms with E-state index in [9.17, 15) is 4.79 Å². The van der Waals surface area contributed by atoms with Gasteiger partial charge in [-0.25, -0.2) is 4.98 Å². The quantitative estimate of drug-likeness (QED) is 0.486. The lowest BCUT2D eigenvalue weighted by Gasteiger charge is -1.98. The van der Waals surface area contributed by atoms with Crippen LogP contribution in [0.2, 0.25) is 5.02 Å². The van der Waals surface area contributed by atoms with E-state index >= 15 is 0 Å². The fraction of sp³-hybridized carbons (Fsp3) is 0.0588. The molecule has 0 aliphatic carbocycles. The summed E-state index contributed by atoms with van der Waals surface area (Å²) in [6, 6.07) is 14.8. The molecule has 1 N–H and O–H groups in total. The van der Waals surface area contributed by atoms with Crippen LogP contribution in [0.1, 0.15) is 0 Å². The minimum atomic E-state index is -0.180. The summed E-state index contributed by atoms with van der Waals surface area (Å²) in [5.74, 6) is 0.356. The molecule has 0 aliphatic rings. The standard InChI is InChI=1S/C17H11ClN4O2S2/c18-11-7-5-10(6-8-11)15-21-22-17(24-15)25-9-14(23)20-16-19-12-3-1-2-4-13(12)26-16/h1-8H,9H2,(H,19,20,23). The van der Waals surface area contributed by atoms with Crippen molar-refractivity contribution < 1.29 is 9.21 Å². The molecular formula is C17H11ClN4O2S2. The monoisotopic (exact) mass is 402 g/mol. The Morgan fingerprint density at radius 1 is 1.15 bits per heavy atom. The molecule has 0 fully saturated rings. The van der Waals surface area contributed by atoms with Crippen LogP contribution < -0.4 is 5.32 Å². The molecule has 2 aromatic heterocycles. The molecule has 26 heavy (non-hydrogen) atoms. The van der Waals surface area contributed by atoms with Crippen molar-refractivity contribution in [3.8, 4) is 11.5 Å². The first kappa shape index (κ1) is 17.0. The lowest BCUT2D eigenvalue weighted by molar-refractivity contribution is -0.113. The molecule has 2 heterocycles. The molecule has 0 atom stereocenters. The first-order valence-corrected chi connectivity index (χ1v) is 9.73. The van der Waals surface area contributed by atoms with Gasteiger partial charge in [0.15, 0.2) is 5.13 Å². The largest absolute Gasteiger partial charge is 0.411 e. The lowest BCUT2D eigenvalue weighted by atomic mass is 10.2. The number of amides is 1. The summed E-state index contributed by atoms with van der Waals surface area (Å²) in [6.45, 7) is 0. The van der Waals surface area contributed by atoms with Crippen LogP contribution in [-0.4, -0.2) is 26.8 Å². The second kappa shape index (κ2) is 7.45. The van der Waals surface area contributed by atoms with Crippen molar-refractivity contribution in [2.45, 2.75) is 5.22 Å². The van der Waals surface area contributed by atoms with Gasteiger partial charge in [0, 0.05) is 10.6 Å². The SMILES string of the molecule is O=C(CSc1nnc(-c2ccc(Cl)cc2)o1)Nc1nc2ccccc2s1. The number of fused-ring (bicyclic) bond motifs is 1. The van der Waals surface area contributed by atoms with Gasteiger partial charge < -0.3 is 9.73 Å². The van der Waals surface area contributed by atoms with Gasteiger partial charge in [-0.15, -0.1) is 10.2 Å². The number of halogens is 1. The van der Waals surface area contributed by atoms with E-state index in [4.69, 9.17) is 16.0 Å². The second-order valence-corrected chi connectivity index (χ2v) is 7.60.